The number of pyridine rings is 1. The third-order valence-corrected chi connectivity index (χ3v) is 4.29. The van der Waals surface area contributed by atoms with Gasteiger partial charge in [-0.05, 0) is 42.0 Å². The molecule has 0 aliphatic carbocycles. The second-order valence-corrected chi connectivity index (χ2v) is 6.25. The van der Waals surface area contributed by atoms with Crippen molar-refractivity contribution in [1.82, 2.24) is 20.0 Å². The predicted molar refractivity (Wildman–Crippen MR) is 97.7 cm³/mol. The SMILES string of the molecule is Brc1ccc(C(Nc2ccccn2)n2nnc3ccccc32)cc1. The first-order valence-corrected chi connectivity index (χ1v) is 8.33. The van der Waals surface area contributed by atoms with Crippen LogP contribution in [0.5, 0.6) is 0 Å². The molecule has 1 unspecified atom stereocenters. The van der Waals surface area contributed by atoms with Crippen LogP contribution in [0.2, 0.25) is 0 Å². The fraction of sp³-hybridized carbons (Fsp3) is 0.0556. The molecule has 0 saturated carbocycles. The van der Waals surface area contributed by atoms with Crippen LogP contribution in [0, 0.1) is 0 Å². The van der Waals surface area contributed by atoms with Gasteiger partial charge in [-0.1, -0.05) is 51.5 Å². The van der Waals surface area contributed by atoms with Gasteiger partial charge in [0.25, 0.3) is 0 Å². The van der Waals surface area contributed by atoms with Gasteiger partial charge in [0.1, 0.15) is 17.5 Å². The van der Waals surface area contributed by atoms with E-state index in [9.17, 15) is 0 Å². The Hall–Kier alpha value is -2.73. The number of nitrogens with zero attached hydrogens (tertiary/aromatic N) is 4. The summed E-state index contributed by atoms with van der Waals surface area (Å²) in [5.41, 5.74) is 2.90. The second-order valence-electron chi connectivity index (χ2n) is 5.34. The number of hydrogen-bond acceptors (Lipinski definition) is 4. The number of aromatic nitrogens is 4. The number of nitrogens with one attached hydrogen (secondary N) is 1. The third kappa shape index (κ3) is 2.88. The number of fused-ring (bicyclic) bond motifs is 1. The maximum atomic E-state index is 4.37. The van der Waals surface area contributed by atoms with Crippen LogP contribution in [0.15, 0.2) is 77.4 Å². The first-order valence-electron chi connectivity index (χ1n) is 7.54. The molecule has 2 heterocycles. The molecule has 0 saturated heterocycles. The van der Waals surface area contributed by atoms with Crippen molar-refractivity contribution in [3.63, 3.8) is 0 Å². The van der Waals surface area contributed by atoms with Gasteiger partial charge in [0.05, 0.1) is 5.52 Å². The van der Waals surface area contributed by atoms with Crippen LogP contribution in [0.25, 0.3) is 11.0 Å². The normalized spacial score (nSPS) is 12.2. The minimum atomic E-state index is -0.208. The van der Waals surface area contributed by atoms with Gasteiger partial charge < -0.3 is 5.32 Å². The molecule has 1 atom stereocenters. The molecule has 6 heteroatoms. The quantitative estimate of drug-likeness (QED) is 0.575. The van der Waals surface area contributed by atoms with Crippen LogP contribution >= 0.6 is 15.9 Å². The zero-order valence-electron chi connectivity index (χ0n) is 12.7. The smallest absolute Gasteiger partial charge is 0.150 e. The standard InChI is InChI=1S/C18H14BrN5/c19-14-10-8-13(9-11-14)18(21-17-7-3-4-12-20-17)24-16-6-2-1-5-15(16)22-23-24/h1-12,18H,(H,20,21). The average molecular weight is 380 g/mol. The first kappa shape index (κ1) is 14.8. The Kier molecular flexibility index (Phi) is 3.96. The van der Waals surface area contributed by atoms with Crippen LogP contribution in [0.4, 0.5) is 5.82 Å². The third-order valence-electron chi connectivity index (χ3n) is 3.76. The summed E-state index contributed by atoms with van der Waals surface area (Å²) < 4.78 is 2.92. The van der Waals surface area contributed by atoms with Crippen molar-refractivity contribution in [2.45, 2.75) is 6.17 Å². The Morgan fingerprint density at radius 2 is 1.71 bits per heavy atom. The summed E-state index contributed by atoms with van der Waals surface area (Å²) in [7, 11) is 0. The molecule has 1 N–H and O–H groups in total. The average Bonchev–Trinajstić information content (AvgIpc) is 3.05. The highest BCUT2D eigenvalue weighted by Crippen LogP contribution is 2.24. The monoisotopic (exact) mass is 379 g/mol. The lowest BCUT2D eigenvalue weighted by atomic mass is 10.1. The highest BCUT2D eigenvalue weighted by atomic mass is 79.9. The molecule has 4 aromatic rings. The molecule has 0 spiro atoms. The first-order chi connectivity index (χ1) is 11.8. The minimum absolute atomic E-state index is 0.208. The maximum absolute atomic E-state index is 4.37. The van der Waals surface area contributed by atoms with E-state index in [2.05, 4.69) is 48.7 Å². The van der Waals surface area contributed by atoms with E-state index in [0.29, 0.717) is 0 Å². The van der Waals surface area contributed by atoms with Gasteiger partial charge in [-0.2, -0.15) is 0 Å². The molecule has 4 rings (SSSR count). The summed E-state index contributed by atoms with van der Waals surface area (Å²) in [5.74, 6) is 0.782. The molecule has 118 valence electrons. The number of benzene rings is 2. The maximum Gasteiger partial charge on any atom is 0.150 e. The number of hydrogen-bond donors (Lipinski definition) is 1. The highest BCUT2D eigenvalue weighted by Gasteiger charge is 2.18. The van der Waals surface area contributed by atoms with Crippen molar-refractivity contribution in [3.05, 3.63) is 83.0 Å². The van der Waals surface area contributed by atoms with Gasteiger partial charge in [0.15, 0.2) is 0 Å². The summed E-state index contributed by atoms with van der Waals surface area (Å²) in [6.07, 6.45) is 1.56. The van der Waals surface area contributed by atoms with E-state index in [1.807, 2.05) is 59.3 Å². The number of anilines is 1. The fourth-order valence-electron chi connectivity index (χ4n) is 2.60. The van der Waals surface area contributed by atoms with Crippen molar-refractivity contribution >= 4 is 32.8 Å². The largest absolute Gasteiger partial charge is 0.345 e. The van der Waals surface area contributed by atoms with Gasteiger partial charge in [0, 0.05) is 10.7 Å². The Bertz CT molecular complexity index is 950. The van der Waals surface area contributed by atoms with Crippen molar-refractivity contribution in [1.29, 1.82) is 0 Å². The number of rotatable bonds is 4. The lowest BCUT2D eigenvalue weighted by molar-refractivity contribution is 0.569. The van der Waals surface area contributed by atoms with E-state index in [4.69, 9.17) is 0 Å². The zero-order chi connectivity index (χ0) is 16.4. The second kappa shape index (κ2) is 6.41. The molecule has 0 fully saturated rings. The Morgan fingerprint density at radius 1 is 0.917 bits per heavy atom. The van der Waals surface area contributed by atoms with E-state index >= 15 is 0 Å². The molecule has 2 aromatic carbocycles. The van der Waals surface area contributed by atoms with Crippen LogP contribution < -0.4 is 5.32 Å². The van der Waals surface area contributed by atoms with Crippen molar-refractivity contribution in [2.75, 3.05) is 5.32 Å². The fourth-order valence-corrected chi connectivity index (χ4v) is 2.86. The molecule has 0 amide bonds. The van der Waals surface area contributed by atoms with Crippen LogP contribution in [-0.2, 0) is 0 Å². The minimum Gasteiger partial charge on any atom is -0.345 e. The van der Waals surface area contributed by atoms with E-state index in [1.165, 1.54) is 0 Å². The predicted octanol–water partition coefficient (Wildman–Crippen LogP) is 4.25. The topological polar surface area (TPSA) is 55.6 Å². The van der Waals surface area contributed by atoms with Gasteiger partial charge in [-0.15, -0.1) is 5.10 Å². The molecule has 24 heavy (non-hydrogen) atoms. The summed E-state index contributed by atoms with van der Waals surface area (Å²) in [6, 6.07) is 21.8. The van der Waals surface area contributed by atoms with Crippen LogP contribution in [0.1, 0.15) is 11.7 Å². The summed E-state index contributed by atoms with van der Waals surface area (Å²) >= 11 is 3.48. The molecule has 0 bridgehead atoms. The zero-order valence-corrected chi connectivity index (χ0v) is 14.3. The van der Waals surface area contributed by atoms with E-state index in [-0.39, 0.29) is 6.17 Å². The molecular weight excluding hydrogens is 366 g/mol. The van der Waals surface area contributed by atoms with Gasteiger partial charge in [0.2, 0.25) is 0 Å². The van der Waals surface area contributed by atoms with E-state index in [1.54, 1.807) is 6.20 Å². The Morgan fingerprint density at radius 3 is 2.50 bits per heavy atom. The van der Waals surface area contributed by atoms with Crippen LogP contribution in [-0.4, -0.2) is 20.0 Å². The van der Waals surface area contributed by atoms with Crippen LogP contribution in [0.3, 0.4) is 0 Å². The van der Waals surface area contributed by atoms with Gasteiger partial charge in [-0.25, -0.2) is 9.67 Å². The number of para-hydroxylation sites is 1. The summed E-state index contributed by atoms with van der Waals surface area (Å²) in [6.45, 7) is 0. The lowest BCUT2D eigenvalue weighted by Crippen LogP contribution is -2.21. The van der Waals surface area contributed by atoms with Crippen molar-refractivity contribution in [3.8, 4) is 0 Å². The van der Waals surface area contributed by atoms with Crippen molar-refractivity contribution in [2.24, 2.45) is 0 Å². The highest BCUT2D eigenvalue weighted by molar-refractivity contribution is 9.10. The number of halogens is 1. The molecule has 0 aliphatic heterocycles. The molecule has 0 radical (unpaired) electrons. The molecule has 5 nitrogen and oxygen atoms in total. The molecular formula is C18H14BrN5. The summed E-state index contributed by atoms with van der Waals surface area (Å²) in [4.78, 5) is 4.37. The van der Waals surface area contributed by atoms with Crippen molar-refractivity contribution < 1.29 is 0 Å². The van der Waals surface area contributed by atoms with Gasteiger partial charge >= 0.3 is 0 Å². The Balaban J connectivity index is 1.82. The molecule has 2 aromatic heterocycles. The summed E-state index contributed by atoms with van der Waals surface area (Å²) in [5, 5.41) is 12.1. The van der Waals surface area contributed by atoms with E-state index < -0.39 is 0 Å². The molecule has 0 aliphatic rings. The van der Waals surface area contributed by atoms with E-state index in [0.717, 1.165) is 26.9 Å². The lowest BCUT2D eigenvalue weighted by Gasteiger charge is -2.20. The van der Waals surface area contributed by atoms with Gasteiger partial charge in [-0.3, -0.25) is 0 Å². The Labute approximate surface area is 147 Å².